The third-order valence-electron chi connectivity index (χ3n) is 3.31. The first kappa shape index (κ1) is 14.3. The monoisotopic (exact) mass is 274 g/mol. The first-order chi connectivity index (χ1) is 9.70. The van der Waals surface area contributed by atoms with E-state index < -0.39 is 5.97 Å². The van der Waals surface area contributed by atoms with E-state index in [-0.39, 0.29) is 17.7 Å². The predicted molar refractivity (Wildman–Crippen MR) is 76.4 cm³/mol. The van der Waals surface area contributed by atoms with Crippen LogP contribution >= 0.6 is 0 Å². The number of carboxylic acid groups (broad SMARTS) is 1. The third kappa shape index (κ3) is 3.68. The van der Waals surface area contributed by atoms with Crippen molar-refractivity contribution in [2.75, 3.05) is 0 Å². The maximum Gasteiger partial charge on any atom is 0.338 e. The molecule has 0 aromatic heterocycles. The Balaban J connectivity index is 1.83. The minimum Gasteiger partial charge on any atom is -0.478 e. The highest BCUT2D eigenvalue weighted by Gasteiger charge is 2.31. The molecule has 1 aliphatic rings. The summed E-state index contributed by atoms with van der Waals surface area (Å²) < 4.78 is 5.79. The molecular formula is C15H18N2O3. The molecule has 0 saturated heterocycles. The highest BCUT2D eigenvalue weighted by Crippen LogP contribution is 2.27. The molecule has 0 spiro atoms. The van der Waals surface area contributed by atoms with Gasteiger partial charge in [-0.2, -0.15) is 0 Å². The van der Waals surface area contributed by atoms with E-state index in [2.05, 4.69) is 4.99 Å². The number of carbonyl (C=O) groups is 1. The zero-order chi connectivity index (χ0) is 14.4. The van der Waals surface area contributed by atoms with Gasteiger partial charge >= 0.3 is 5.97 Å². The molecule has 1 aliphatic carbocycles. The van der Waals surface area contributed by atoms with Crippen molar-refractivity contribution in [3.05, 3.63) is 47.7 Å². The minimum atomic E-state index is -1.07. The minimum absolute atomic E-state index is 0.00120. The van der Waals surface area contributed by atoms with Gasteiger partial charge < -0.3 is 15.6 Å². The Morgan fingerprint density at radius 2 is 2.15 bits per heavy atom. The molecule has 1 saturated carbocycles. The van der Waals surface area contributed by atoms with Crippen molar-refractivity contribution in [1.29, 1.82) is 0 Å². The molecule has 0 heterocycles. The molecule has 0 unspecified atom stereocenters. The summed E-state index contributed by atoms with van der Waals surface area (Å²) in [6, 6.07) is 9.95. The van der Waals surface area contributed by atoms with Crippen LogP contribution in [0.5, 0.6) is 0 Å². The lowest BCUT2D eigenvalue weighted by Crippen LogP contribution is -2.37. The molecule has 2 rings (SSSR count). The molecular weight excluding hydrogens is 256 g/mol. The summed E-state index contributed by atoms with van der Waals surface area (Å²) in [6.45, 7) is 0.552. The summed E-state index contributed by atoms with van der Waals surface area (Å²) in [7, 11) is 0. The number of aliphatic imine (C=N–C) groups is 1. The average Bonchev–Trinajstić information content (AvgIpc) is 2.43. The fraction of sp³-hybridized carbons (Fsp3) is 0.333. The van der Waals surface area contributed by atoms with Gasteiger partial charge in [0, 0.05) is 12.4 Å². The molecule has 0 bridgehead atoms. The number of nitrogens with two attached hydrogens (primary N) is 1. The summed E-state index contributed by atoms with van der Waals surface area (Å²) >= 11 is 0. The molecule has 1 aromatic rings. The van der Waals surface area contributed by atoms with Crippen LogP contribution in [0.4, 0.5) is 0 Å². The quantitative estimate of drug-likeness (QED) is 0.611. The van der Waals surface area contributed by atoms with Crippen LogP contribution in [0.1, 0.15) is 18.4 Å². The molecule has 2 atom stereocenters. The zero-order valence-electron chi connectivity index (χ0n) is 11.1. The van der Waals surface area contributed by atoms with E-state index in [1.807, 2.05) is 30.3 Å². The number of ether oxygens (including phenoxy) is 1. The van der Waals surface area contributed by atoms with Crippen LogP contribution in [0.15, 0.2) is 47.1 Å². The maximum absolute atomic E-state index is 10.8. The van der Waals surface area contributed by atoms with E-state index in [0.29, 0.717) is 6.61 Å². The topological polar surface area (TPSA) is 84.9 Å². The van der Waals surface area contributed by atoms with Crippen LogP contribution in [0.25, 0.3) is 0 Å². The van der Waals surface area contributed by atoms with Crippen molar-refractivity contribution in [3.8, 4) is 0 Å². The fourth-order valence-corrected chi connectivity index (χ4v) is 1.94. The molecule has 0 aliphatic heterocycles. The smallest absolute Gasteiger partial charge is 0.338 e. The number of carboxylic acids is 1. The normalized spacial score (nSPS) is 22.7. The van der Waals surface area contributed by atoms with Gasteiger partial charge in [-0.15, -0.1) is 0 Å². The Labute approximate surface area is 117 Å². The molecule has 5 heteroatoms. The molecule has 20 heavy (non-hydrogen) atoms. The number of benzene rings is 1. The summed E-state index contributed by atoms with van der Waals surface area (Å²) in [5.41, 5.74) is 6.34. The van der Waals surface area contributed by atoms with Crippen LogP contribution in [0.3, 0.4) is 0 Å². The Morgan fingerprint density at radius 1 is 1.40 bits per heavy atom. The van der Waals surface area contributed by atoms with Crippen molar-refractivity contribution >= 4 is 12.2 Å². The van der Waals surface area contributed by atoms with Gasteiger partial charge in [-0.1, -0.05) is 30.3 Å². The lowest BCUT2D eigenvalue weighted by molar-refractivity contribution is -0.132. The SMILES string of the molecule is N/C=C(\C=N[C@H]1CC[C@@H]1OCc1ccccc1)C(=O)O. The second-order valence-corrected chi connectivity index (χ2v) is 4.69. The fourth-order valence-electron chi connectivity index (χ4n) is 1.94. The lowest BCUT2D eigenvalue weighted by Gasteiger charge is -2.33. The Hall–Kier alpha value is -2.14. The highest BCUT2D eigenvalue weighted by atomic mass is 16.5. The zero-order valence-corrected chi connectivity index (χ0v) is 11.1. The first-order valence-corrected chi connectivity index (χ1v) is 6.54. The second-order valence-electron chi connectivity index (χ2n) is 4.69. The number of aliphatic carboxylic acids is 1. The number of nitrogens with zero attached hydrogens (tertiary/aromatic N) is 1. The Morgan fingerprint density at radius 3 is 2.70 bits per heavy atom. The van der Waals surface area contributed by atoms with Gasteiger partial charge in [-0.05, 0) is 18.4 Å². The van der Waals surface area contributed by atoms with Gasteiger partial charge in [0.2, 0.25) is 0 Å². The predicted octanol–water partition coefficient (Wildman–Crippen LogP) is 1.73. The second kappa shape index (κ2) is 6.86. The van der Waals surface area contributed by atoms with Gasteiger partial charge in [-0.3, -0.25) is 4.99 Å². The van der Waals surface area contributed by atoms with Crippen molar-refractivity contribution in [2.45, 2.75) is 31.6 Å². The maximum atomic E-state index is 10.8. The molecule has 0 radical (unpaired) electrons. The van der Waals surface area contributed by atoms with E-state index in [9.17, 15) is 4.79 Å². The molecule has 1 aromatic carbocycles. The molecule has 0 amide bonds. The number of hydrogen-bond donors (Lipinski definition) is 2. The number of rotatable bonds is 6. The Kier molecular flexibility index (Phi) is 4.90. The van der Waals surface area contributed by atoms with Crippen molar-refractivity contribution in [1.82, 2.24) is 0 Å². The van der Waals surface area contributed by atoms with E-state index in [1.54, 1.807) is 0 Å². The van der Waals surface area contributed by atoms with E-state index in [1.165, 1.54) is 6.21 Å². The van der Waals surface area contributed by atoms with Gasteiger partial charge in [-0.25, -0.2) is 4.79 Å². The first-order valence-electron chi connectivity index (χ1n) is 6.54. The third-order valence-corrected chi connectivity index (χ3v) is 3.31. The van der Waals surface area contributed by atoms with Gasteiger partial charge in [0.15, 0.2) is 0 Å². The van der Waals surface area contributed by atoms with Crippen LogP contribution in [-0.4, -0.2) is 29.4 Å². The molecule has 1 fully saturated rings. The van der Waals surface area contributed by atoms with Crippen molar-refractivity contribution in [2.24, 2.45) is 10.7 Å². The van der Waals surface area contributed by atoms with E-state index in [0.717, 1.165) is 24.6 Å². The highest BCUT2D eigenvalue weighted by molar-refractivity contribution is 6.08. The Bertz CT molecular complexity index is 511. The standard InChI is InChI=1S/C15H18N2O3/c16-8-12(15(18)19)9-17-13-6-7-14(13)20-10-11-4-2-1-3-5-11/h1-5,8-9,13-14H,6-7,10,16H2,(H,18,19)/b12-8+,17-9?/t13-,14-/m0/s1. The van der Waals surface area contributed by atoms with E-state index in [4.69, 9.17) is 15.6 Å². The molecule has 5 nitrogen and oxygen atoms in total. The largest absolute Gasteiger partial charge is 0.478 e. The van der Waals surface area contributed by atoms with Gasteiger partial charge in [0.25, 0.3) is 0 Å². The van der Waals surface area contributed by atoms with Crippen molar-refractivity contribution < 1.29 is 14.6 Å². The van der Waals surface area contributed by atoms with Crippen LogP contribution in [0, 0.1) is 0 Å². The molecule has 3 N–H and O–H groups in total. The summed E-state index contributed by atoms with van der Waals surface area (Å²) in [5.74, 6) is -1.07. The van der Waals surface area contributed by atoms with Gasteiger partial charge in [0.1, 0.15) is 0 Å². The van der Waals surface area contributed by atoms with Crippen LogP contribution in [-0.2, 0) is 16.1 Å². The van der Waals surface area contributed by atoms with Gasteiger partial charge in [0.05, 0.1) is 24.3 Å². The van der Waals surface area contributed by atoms with Crippen LogP contribution in [0.2, 0.25) is 0 Å². The molecule has 106 valence electrons. The number of hydrogen-bond acceptors (Lipinski definition) is 4. The lowest BCUT2D eigenvalue weighted by atomic mass is 9.89. The average molecular weight is 274 g/mol. The summed E-state index contributed by atoms with van der Waals surface area (Å²) in [6.07, 6.45) is 4.27. The summed E-state index contributed by atoms with van der Waals surface area (Å²) in [4.78, 5) is 15.0. The van der Waals surface area contributed by atoms with Crippen LogP contribution < -0.4 is 5.73 Å². The van der Waals surface area contributed by atoms with Crippen molar-refractivity contribution in [3.63, 3.8) is 0 Å². The summed E-state index contributed by atoms with van der Waals surface area (Å²) in [5, 5.41) is 8.82. The van der Waals surface area contributed by atoms with E-state index >= 15 is 0 Å².